The first-order valence-corrected chi connectivity index (χ1v) is 41.4. The monoisotopic (exact) mass is 1550 g/mol. The lowest BCUT2D eigenvalue weighted by atomic mass is 9.81. The Hall–Kier alpha value is -15.8. The molecule has 0 amide bonds. The van der Waals surface area contributed by atoms with E-state index in [0.717, 1.165) is 166 Å². The molecule has 23 aromatic rings. The van der Waals surface area contributed by atoms with E-state index in [4.69, 9.17) is 17.7 Å². The van der Waals surface area contributed by atoms with Crippen LogP contribution < -0.4 is 9.80 Å². The largest absolute Gasteiger partial charge is 0.456 e. The van der Waals surface area contributed by atoms with E-state index < -0.39 is 0 Å². The number of hydrogen-bond donors (Lipinski definition) is 0. The molecular formula is C115H76N2O4. The molecular weight excluding hydrogens is 1470 g/mol. The summed E-state index contributed by atoms with van der Waals surface area (Å²) in [6, 6.07) is 152. The summed E-state index contributed by atoms with van der Waals surface area (Å²) in [5.74, 6) is 0. The van der Waals surface area contributed by atoms with Crippen molar-refractivity contribution in [1.82, 2.24) is 0 Å². The zero-order chi connectivity index (χ0) is 80.2. The number of hydrogen-bond acceptors (Lipinski definition) is 6. The van der Waals surface area contributed by atoms with Gasteiger partial charge in [-0.15, -0.1) is 0 Å². The van der Waals surface area contributed by atoms with Gasteiger partial charge in [0, 0.05) is 82.3 Å². The quantitative estimate of drug-likeness (QED) is 0.115. The summed E-state index contributed by atoms with van der Waals surface area (Å²) >= 11 is 0. The summed E-state index contributed by atoms with van der Waals surface area (Å²) in [6.45, 7) is 4.68. The van der Waals surface area contributed by atoms with E-state index in [0.29, 0.717) is 0 Å². The molecule has 0 atom stereocenters. The zero-order valence-corrected chi connectivity index (χ0v) is 66.4. The SMILES string of the molecule is CC1(C)c2ccccc2-c2ccc(-c3ccc(N(c4ccc(-c5ccc6c(c5)oc5ccccc56)cc4)c4ccc(-c5ccc6c(c5)oc5ccccc56)cc4)cc3)cc21.c1ccc(-c2ccc(-c3ccc(N(c4ccc(-c5ccc6c(c5)oc5ccccc56)cc4)c4ccc(-c5ccc6c(c5)oc5ccccc56)cc4)c4ccccc34)cc2)cc1. The zero-order valence-electron chi connectivity index (χ0n) is 66.4. The highest BCUT2D eigenvalue weighted by atomic mass is 16.3. The Morgan fingerprint density at radius 3 is 0.835 bits per heavy atom. The Bertz CT molecular complexity index is 7630. The van der Waals surface area contributed by atoms with Crippen molar-refractivity contribution in [3.8, 4) is 89.0 Å². The van der Waals surface area contributed by atoms with Crippen molar-refractivity contribution in [2.75, 3.05) is 9.80 Å². The fourth-order valence-electron chi connectivity index (χ4n) is 18.6. The van der Waals surface area contributed by atoms with Crippen molar-refractivity contribution < 1.29 is 17.7 Å². The maximum atomic E-state index is 6.26. The van der Waals surface area contributed by atoms with Crippen molar-refractivity contribution in [1.29, 1.82) is 0 Å². The molecule has 1 aliphatic rings. The standard InChI is InChI=1S/C58H37NO2.C57H39NO2/c1-2-10-38(11-3-1)39-18-20-42(21-19-39)47-34-35-54(49-13-5-4-12-48(47)49)59(45-28-22-40(23-29-45)43-26-32-52-50-14-6-8-16-55(50)60-57(52)36-43)46-30-24-41(25-31-46)44-27-33-53-51-15-7-9-17-56(51)61-58(53)37-44;1-57(2)51-12-6-3-9-45(51)46-30-21-39(33-52(46)57)36-15-24-42(25-16-36)58(43-26-17-37(18-27-43)40-22-31-49-47-10-4-7-13-53(47)59-55(49)34-40)44-28-19-38(20-29-44)41-23-32-50-48-11-5-8-14-54(48)60-56(50)35-41/h1-37H;3-35H,1-2H3. The lowest BCUT2D eigenvalue weighted by molar-refractivity contribution is 0.660. The van der Waals surface area contributed by atoms with E-state index in [9.17, 15) is 0 Å². The number of nitrogens with zero attached hydrogens (tertiary/aromatic N) is 2. The van der Waals surface area contributed by atoms with Gasteiger partial charge in [0.1, 0.15) is 44.7 Å². The molecule has 19 aromatic carbocycles. The second-order valence-corrected chi connectivity index (χ2v) is 32.2. The van der Waals surface area contributed by atoms with Crippen molar-refractivity contribution in [3.05, 3.63) is 436 Å². The second-order valence-electron chi connectivity index (χ2n) is 32.2. The van der Waals surface area contributed by atoms with Gasteiger partial charge in [0.2, 0.25) is 0 Å². The minimum atomic E-state index is -0.0490. The predicted molar refractivity (Wildman–Crippen MR) is 504 cm³/mol. The third-order valence-electron chi connectivity index (χ3n) is 24.8. The van der Waals surface area contributed by atoms with Gasteiger partial charge in [-0.1, -0.05) is 293 Å². The van der Waals surface area contributed by atoms with Gasteiger partial charge in [-0.3, -0.25) is 0 Å². The Kier molecular flexibility index (Phi) is 16.8. The summed E-state index contributed by atoms with van der Waals surface area (Å²) in [5, 5.41) is 11.5. The molecule has 1 aliphatic carbocycles. The molecule has 6 nitrogen and oxygen atoms in total. The van der Waals surface area contributed by atoms with Gasteiger partial charge in [-0.2, -0.15) is 0 Å². The maximum absolute atomic E-state index is 6.26. The molecule has 4 aromatic heterocycles. The lowest BCUT2D eigenvalue weighted by Gasteiger charge is -2.28. The van der Waals surface area contributed by atoms with E-state index in [2.05, 4.69) is 400 Å². The Morgan fingerprint density at radius 1 is 0.165 bits per heavy atom. The summed E-state index contributed by atoms with van der Waals surface area (Å²) < 4.78 is 25.0. The molecule has 0 fully saturated rings. The lowest BCUT2D eigenvalue weighted by Crippen LogP contribution is -2.14. The number of anilines is 6. The van der Waals surface area contributed by atoms with Crippen molar-refractivity contribution in [2.24, 2.45) is 0 Å². The minimum Gasteiger partial charge on any atom is -0.456 e. The third-order valence-corrected chi connectivity index (χ3v) is 24.8. The topological polar surface area (TPSA) is 59.0 Å². The van der Waals surface area contributed by atoms with E-state index >= 15 is 0 Å². The molecule has 0 saturated carbocycles. The van der Waals surface area contributed by atoms with Crippen LogP contribution in [0.15, 0.2) is 442 Å². The summed E-state index contributed by atoms with van der Waals surface area (Å²) in [4.78, 5) is 4.72. The Labute approximate surface area is 699 Å². The van der Waals surface area contributed by atoms with Crippen LogP contribution in [0.2, 0.25) is 0 Å². The number of rotatable bonds is 13. The fourth-order valence-corrected chi connectivity index (χ4v) is 18.6. The predicted octanol–water partition coefficient (Wildman–Crippen LogP) is 33.0. The van der Waals surface area contributed by atoms with Crippen LogP contribution in [0.1, 0.15) is 25.0 Å². The summed E-state index contributed by atoms with van der Waals surface area (Å²) in [6.07, 6.45) is 0. The van der Waals surface area contributed by atoms with Crippen LogP contribution >= 0.6 is 0 Å². The fraction of sp³-hybridized carbons (Fsp3) is 0.0261. The molecule has 570 valence electrons. The summed E-state index contributed by atoms with van der Waals surface area (Å²) in [5.41, 5.74) is 35.3. The first-order chi connectivity index (χ1) is 59.7. The Balaban J connectivity index is 0.000000141. The number of fused-ring (bicyclic) bond motifs is 16. The highest BCUT2D eigenvalue weighted by molar-refractivity contribution is 6.11. The van der Waals surface area contributed by atoms with E-state index in [1.165, 1.54) is 66.4 Å². The van der Waals surface area contributed by atoms with Crippen LogP contribution in [0.25, 0.3) is 188 Å². The highest BCUT2D eigenvalue weighted by Gasteiger charge is 2.35. The van der Waals surface area contributed by atoms with E-state index in [-0.39, 0.29) is 5.41 Å². The molecule has 4 heterocycles. The molecule has 0 N–H and O–H groups in total. The van der Waals surface area contributed by atoms with Gasteiger partial charge >= 0.3 is 0 Å². The molecule has 0 saturated heterocycles. The van der Waals surface area contributed by atoms with Crippen molar-refractivity contribution in [2.45, 2.75) is 19.3 Å². The number of para-hydroxylation sites is 4. The highest BCUT2D eigenvalue weighted by Crippen LogP contribution is 2.51. The first-order valence-electron chi connectivity index (χ1n) is 41.4. The first kappa shape index (κ1) is 70.6. The van der Waals surface area contributed by atoms with Crippen LogP contribution in [0.5, 0.6) is 0 Å². The van der Waals surface area contributed by atoms with Gasteiger partial charge < -0.3 is 27.5 Å². The maximum Gasteiger partial charge on any atom is 0.136 e. The molecule has 24 rings (SSSR count). The molecule has 0 bridgehead atoms. The van der Waals surface area contributed by atoms with Crippen LogP contribution in [0, 0.1) is 0 Å². The second kappa shape index (κ2) is 28.9. The molecule has 0 radical (unpaired) electrons. The van der Waals surface area contributed by atoms with Crippen LogP contribution in [0.4, 0.5) is 34.1 Å². The third kappa shape index (κ3) is 12.4. The molecule has 121 heavy (non-hydrogen) atoms. The van der Waals surface area contributed by atoms with Gasteiger partial charge in [0.05, 0.1) is 5.69 Å². The van der Waals surface area contributed by atoms with E-state index in [1.54, 1.807) is 0 Å². The van der Waals surface area contributed by atoms with Gasteiger partial charge in [0.25, 0.3) is 0 Å². The minimum absolute atomic E-state index is 0.0490. The van der Waals surface area contributed by atoms with Crippen molar-refractivity contribution >= 4 is 133 Å². The van der Waals surface area contributed by atoms with E-state index in [1.807, 2.05) is 48.5 Å². The normalized spacial score (nSPS) is 12.3. The van der Waals surface area contributed by atoms with Gasteiger partial charge in [-0.05, 0) is 251 Å². The average molecular weight is 1550 g/mol. The summed E-state index contributed by atoms with van der Waals surface area (Å²) in [7, 11) is 0. The Morgan fingerprint density at radius 2 is 0.430 bits per heavy atom. The van der Waals surface area contributed by atoms with Gasteiger partial charge in [0.15, 0.2) is 0 Å². The number of benzene rings is 19. The number of furan rings is 4. The molecule has 0 spiro atoms. The van der Waals surface area contributed by atoms with Crippen LogP contribution in [0.3, 0.4) is 0 Å². The molecule has 0 unspecified atom stereocenters. The van der Waals surface area contributed by atoms with Crippen LogP contribution in [-0.2, 0) is 5.41 Å². The van der Waals surface area contributed by atoms with Gasteiger partial charge in [-0.25, -0.2) is 0 Å². The molecule has 6 heteroatoms. The van der Waals surface area contributed by atoms with Crippen molar-refractivity contribution in [3.63, 3.8) is 0 Å². The average Bonchev–Trinajstić information content (AvgIpc) is 1.54. The molecule has 0 aliphatic heterocycles. The van der Waals surface area contributed by atoms with Crippen LogP contribution in [-0.4, -0.2) is 0 Å². The smallest absolute Gasteiger partial charge is 0.136 e.